The third-order valence-electron chi connectivity index (χ3n) is 3.89. The topological polar surface area (TPSA) is 52.6 Å². The van der Waals surface area contributed by atoms with Gasteiger partial charge < -0.3 is 9.47 Å². The number of benzene rings is 3. The van der Waals surface area contributed by atoms with Gasteiger partial charge in [-0.2, -0.15) is 0 Å². The zero-order valence-corrected chi connectivity index (χ0v) is 16.0. The van der Waals surface area contributed by atoms with Crippen molar-refractivity contribution < 1.29 is 19.1 Å². The summed E-state index contributed by atoms with van der Waals surface area (Å²) in [6, 6.07) is 21.7. The molecule has 0 N–H and O–H groups in total. The van der Waals surface area contributed by atoms with Gasteiger partial charge in [-0.15, -0.1) is 0 Å². The number of halogens is 1. The summed E-state index contributed by atoms with van der Waals surface area (Å²) in [6.07, 6.45) is 1.46. The molecule has 3 rings (SSSR count). The molecule has 0 atom stereocenters. The van der Waals surface area contributed by atoms with E-state index in [4.69, 9.17) is 9.47 Å². The molecule has 136 valence electrons. The predicted molar refractivity (Wildman–Crippen MR) is 107 cm³/mol. The van der Waals surface area contributed by atoms with Gasteiger partial charge >= 0.3 is 5.97 Å². The summed E-state index contributed by atoms with van der Waals surface area (Å²) < 4.78 is 11.8. The monoisotopic (exact) mass is 424 g/mol. The van der Waals surface area contributed by atoms with Crippen LogP contribution in [0.3, 0.4) is 0 Å². The summed E-state index contributed by atoms with van der Waals surface area (Å²) in [7, 11) is 0. The maximum Gasteiger partial charge on any atom is 0.343 e. The summed E-state index contributed by atoms with van der Waals surface area (Å²) in [5.41, 5.74) is 1.89. The fourth-order valence-corrected chi connectivity index (χ4v) is 2.86. The molecule has 0 radical (unpaired) electrons. The van der Waals surface area contributed by atoms with Gasteiger partial charge in [-0.25, -0.2) is 4.79 Å². The SMILES string of the molecule is O=Cc1cc(Br)ccc1OC(=O)c1ccc(OCCc2ccccc2)cc1. The minimum atomic E-state index is -0.531. The molecular formula is C22H17BrO4. The van der Waals surface area contributed by atoms with Gasteiger partial charge in [-0.1, -0.05) is 46.3 Å². The molecule has 4 nitrogen and oxygen atoms in total. The molecule has 0 aliphatic carbocycles. The second kappa shape index (κ2) is 9.14. The Morgan fingerprint density at radius 2 is 1.70 bits per heavy atom. The van der Waals surface area contributed by atoms with Crippen molar-refractivity contribution in [2.24, 2.45) is 0 Å². The summed E-state index contributed by atoms with van der Waals surface area (Å²) in [5, 5.41) is 0. The molecule has 0 aromatic heterocycles. The van der Waals surface area contributed by atoms with E-state index in [0.29, 0.717) is 29.8 Å². The molecule has 3 aromatic rings. The molecule has 0 amide bonds. The summed E-state index contributed by atoms with van der Waals surface area (Å²) in [4.78, 5) is 23.4. The first-order valence-electron chi connectivity index (χ1n) is 8.39. The van der Waals surface area contributed by atoms with Crippen molar-refractivity contribution in [2.45, 2.75) is 6.42 Å². The van der Waals surface area contributed by atoms with E-state index in [-0.39, 0.29) is 5.75 Å². The zero-order valence-electron chi connectivity index (χ0n) is 14.4. The largest absolute Gasteiger partial charge is 0.493 e. The van der Waals surface area contributed by atoms with Crippen molar-refractivity contribution in [2.75, 3.05) is 6.61 Å². The van der Waals surface area contributed by atoms with Crippen LogP contribution < -0.4 is 9.47 Å². The quantitative estimate of drug-likeness (QED) is 0.300. The Labute approximate surface area is 165 Å². The van der Waals surface area contributed by atoms with E-state index in [1.807, 2.05) is 18.2 Å². The van der Waals surface area contributed by atoms with Crippen molar-refractivity contribution in [3.63, 3.8) is 0 Å². The fourth-order valence-electron chi connectivity index (χ4n) is 2.48. The minimum Gasteiger partial charge on any atom is -0.493 e. The second-order valence-electron chi connectivity index (χ2n) is 5.80. The molecule has 0 unspecified atom stereocenters. The van der Waals surface area contributed by atoms with E-state index in [9.17, 15) is 9.59 Å². The number of carbonyl (C=O) groups excluding carboxylic acids is 2. The molecular weight excluding hydrogens is 408 g/mol. The molecule has 0 saturated carbocycles. The lowest BCUT2D eigenvalue weighted by Crippen LogP contribution is -2.10. The van der Waals surface area contributed by atoms with Gasteiger partial charge in [0.1, 0.15) is 11.5 Å². The Kier molecular flexibility index (Phi) is 6.39. The molecule has 0 fully saturated rings. The average Bonchev–Trinajstić information content (AvgIpc) is 2.70. The highest BCUT2D eigenvalue weighted by molar-refractivity contribution is 9.10. The van der Waals surface area contributed by atoms with E-state index in [2.05, 4.69) is 28.1 Å². The summed E-state index contributed by atoms with van der Waals surface area (Å²) in [6.45, 7) is 0.551. The van der Waals surface area contributed by atoms with E-state index >= 15 is 0 Å². The van der Waals surface area contributed by atoms with Gasteiger partial charge in [0.2, 0.25) is 0 Å². The van der Waals surface area contributed by atoms with E-state index < -0.39 is 5.97 Å². The lowest BCUT2D eigenvalue weighted by Gasteiger charge is -2.09. The normalized spacial score (nSPS) is 10.3. The third-order valence-corrected chi connectivity index (χ3v) is 4.39. The van der Waals surface area contributed by atoms with Gasteiger partial charge in [0.25, 0.3) is 0 Å². The first-order valence-corrected chi connectivity index (χ1v) is 9.19. The standard InChI is InChI=1S/C22H17BrO4/c23-19-8-11-21(18(14-19)15-24)27-22(25)17-6-9-20(10-7-17)26-13-12-16-4-2-1-3-5-16/h1-11,14-15H,12-13H2. The molecule has 27 heavy (non-hydrogen) atoms. The number of aldehydes is 1. The second-order valence-corrected chi connectivity index (χ2v) is 6.71. The number of ether oxygens (including phenoxy) is 2. The zero-order chi connectivity index (χ0) is 19.1. The van der Waals surface area contributed by atoms with Crippen LogP contribution >= 0.6 is 15.9 Å². The Bertz CT molecular complexity index is 921. The molecule has 0 aliphatic rings. The predicted octanol–water partition coefficient (Wildman–Crippen LogP) is 5.10. The Balaban J connectivity index is 1.58. The van der Waals surface area contributed by atoms with E-state index in [0.717, 1.165) is 10.9 Å². The van der Waals surface area contributed by atoms with Crippen LogP contribution in [0.15, 0.2) is 77.3 Å². The highest BCUT2D eigenvalue weighted by Crippen LogP contribution is 2.23. The number of hydrogen-bond acceptors (Lipinski definition) is 4. The number of carbonyl (C=O) groups is 2. The van der Waals surface area contributed by atoms with Gasteiger partial charge in [-0.05, 0) is 48.0 Å². The first-order chi connectivity index (χ1) is 13.2. The summed E-state index contributed by atoms with van der Waals surface area (Å²) >= 11 is 3.28. The van der Waals surface area contributed by atoms with Crippen molar-refractivity contribution in [3.05, 3.63) is 94.0 Å². The molecule has 0 heterocycles. The molecule has 0 bridgehead atoms. The molecule has 5 heteroatoms. The smallest absolute Gasteiger partial charge is 0.343 e. The lowest BCUT2D eigenvalue weighted by atomic mass is 10.2. The van der Waals surface area contributed by atoms with E-state index in [1.165, 1.54) is 5.56 Å². The first kappa shape index (κ1) is 18.9. The number of rotatable bonds is 7. The van der Waals surface area contributed by atoms with Crippen molar-refractivity contribution in [1.29, 1.82) is 0 Å². The maximum absolute atomic E-state index is 12.3. The van der Waals surface area contributed by atoms with Crippen molar-refractivity contribution in [3.8, 4) is 11.5 Å². The third kappa shape index (κ3) is 5.28. The van der Waals surface area contributed by atoms with Crippen LogP contribution in [0.25, 0.3) is 0 Å². The minimum absolute atomic E-state index is 0.224. The van der Waals surface area contributed by atoms with Crippen molar-refractivity contribution in [1.82, 2.24) is 0 Å². The maximum atomic E-state index is 12.3. The van der Waals surface area contributed by atoms with Crippen LogP contribution in [0.4, 0.5) is 0 Å². The van der Waals surface area contributed by atoms with Crippen molar-refractivity contribution >= 4 is 28.2 Å². The van der Waals surface area contributed by atoms with Crippen LogP contribution in [0.5, 0.6) is 11.5 Å². The summed E-state index contributed by atoms with van der Waals surface area (Å²) in [5.74, 6) is 0.373. The molecule has 3 aromatic carbocycles. The van der Waals surface area contributed by atoms with Gasteiger partial charge in [0.05, 0.1) is 17.7 Å². The highest BCUT2D eigenvalue weighted by Gasteiger charge is 2.12. The van der Waals surface area contributed by atoms with Gasteiger partial charge in [0.15, 0.2) is 6.29 Å². The van der Waals surface area contributed by atoms with Gasteiger partial charge in [0, 0.05) is 10.9 Å². The van der Waals surface area contributed by atoms with Gasteiger partial charge in [-0.3, -0.25) is 4.79 Å². The number of hydrogen-bond donors (Lipinski definition) is 0. The Morgan fingerprint density at radius 3 is 2.41 bits per heavy atom. The molecule has 0 saturated heterocycles. The molecule has 0 aliphatic heterocycles. The lowest BCUT2D eigenvalue weighted by molar-refractivity contribution is 0.0733. The Morgan fingerprint density at radius 1 is 0.963 bits per heavy atom. The van der Waals surface area contributed by atoms with E-state index in [1.54, 1.807) is 42.5 Å². The molecule has 0 spiro atoms. The highest BCUT2D eigenvalue weighted by atomic mass is 79.9. The average molecular weight is 425 g/mol. The van der Waals surface area contributed by atoms with Crippen LogP contribution in [0, 0.1) is 0 Å². The van der Waals surface area contributed by atoms with Crippen LogP contribution in [-0.2, 0) is 6.42 Å². The van der Waals surface area contributed by atoms with Crippen LogP contribution in [-0.4, -0.2) is 18.9 Å². The van der Waals surface area contributed by atoms with Crippen LogP contribution in [0.1, 0.15) is 26.3 Å². The van der Waals surface area contributed by atoms with Crippen LogP contribution in [0.2, 0.25) is 0 Å². The number of esters is 1. The Hall–Kier alpha value is -2.92. The fraction of sp³-hybridized carbons (Fsp3) is 0.0909.